The van der Waals surface area contributed by atoms with E-state index in [1.807, 2.05) is 0 Å². The summed E-state index contributed by atoms with van der Waals surface area (Å²) < 4.78 is 5.44. The number of carbonyl (C=O) groups excluding carboxylic acids is 2. The van der Waals surface area contributed by atoms with Crippen molar-refractivity contribution in [3.8, 4) is 0 Å². The zero-order valence-corrected chi connectivity index (χ0v) is 13.9. The van der Waals surface area contributed by atoms with Crippen molar-refractivity contribution in [3.05, 3.63) is 21.4 Å². The Morgan fingerprint density at radius 1 is 1.45 bits per heavy atom. The van der Waals surface area contributed by atoms with Crippen molar-refractivity contribution >= 4 is 23.2 Å². The molecular formula is C16H22N2O3S. The van der Waals surface area contributed by atoms with Crippen LogP contribution in [0, 0.1) is 5.92 Å². The smallest absolute Gasteiger partial charge is 0.264 e. The maximum atomic E-state index is 12.5. The van der Waals surface area contributed by atoms with Gasteiger partial charge in [0.15, 0.2) is 0 Å². The molecule has 1 saturated heterocycles. The number of fused-ring (bicyclic) bond motifs is 1. The molecule has 3 rings (SSSR count). The third-order valence-electron chi connectivity index (χ3n) is 4.40. The Balaban J connectivity index is 1.52. The number of nitrogens with one attached hydrogen (secondary N) is 1. The van der Waals surface area contributed by atoms with Gasteiger partial charge in [-0.05, 0) is 36.8 Å². The van der Waals surface area contributed by atoms with Crippen LogP contribution in [0.25, 0.3) is 0 Å². The van der Waals surface area contributed by atoms with Gasteiger partial charge in [0.05, 0.1) is 11.0 Å². The highest BCUT2D eigenvalue weighted by molar-refractivity contribution is 7.14. The first-order chi connectivity index (χ1) is 10.6. The molecule has 1 aliphatic carbocycles. The fraction of sp³-hybridized carbons (Fsp3) is 0.625. The molecule has 1 N–H and O–H groups in total. The molecular weight excluding hydrogens is 300 g/mol. The van der Waals surface area contributed by atoms with Crippen LogP contribution in [0.2, 0.25) is 0 Å². The van der Waals surface area contributed by atoms with E-state index in [9.17, 15) is 9.59 Å². The third-order valence-corrected chi connectivity index (χ3v) is 5.63. The highest BCUT2D eigenvalue weighted by atomic mass is 32.1. The van der Waals surface area contributed by atoms with Crippen LogP contribution >= 0.6 is 11.3 Å². The van der Waals surface area contributed by atoms with Crippen LogP contribution in [-0.4, -0.2) is 49.6 Å². The second kappa shape index (κ2) is 6.38. The topological polar surface area (TPSA) is 58.6 Å². The quantitative estimate of drug-likeness (QED) is 0.913. The number of likely N-dealkylation sites (tertiary alicyclic amines) is 1. The molecule has 0 spiro atoms. The van der Waals surface area contributed by atoms with Gasteiger partial charge in [0.1, 0.15) is 6.61 Å². The number of amides is 2. The summed E-state index contributed by atoms with van der Waals surface area (Å²) in [5.41, 5.74) is 1.36. The second-order valence-electron chi connectivity index (χ2n) is 6.22. The first kappa shape index (κ1) is 15.5. The van der Waals surface area contributed by atoms with Crippen molar-refractivity contribution in [1.82, 2.24) is 10.2 Å². The highest BCUT2D eigenvalue weighted by Gasteiger charge is 2.33. The number of hydrogen-bond donors (Lipinski definition) is 1. The number of aryl methyl sites for hydroxylation is 1. The van der Waals surface area contributed by atoms with E-state index < -0.39 is 0 Å². The van der Waals surface area contributed by atoms with E-state index in [2.05, 4.69) is 18.3 Å². The molecule has 120 valence electrons. The predicted octanol–water partition coefficient (Wildman–Crippen LogP) is 1.46. The van der Waals surface area contributed by atoms with Crippen LogP contribution < -0.4 is 5.32 Å². The monoisotopic (exact) mass is 322 g/mol. The summed E-state index contributed by atoms with van der Waals surface area (Å²) in [4.78, 5) is 27.6. The van der Waals surface area contributed by atoms with Crippen molar-refractivity contribution in [2.75, 3.05) is 26.7 Å². The molecule has 0 saturated carbocycles. The van der Waals surface area contributed by atoms with E-state index in [1.54, 1.807) is 23.3 Å². The van der Waals surface area contributed by atoms with Crippen LogP contribution in [0.1, 0.15) is 33.5 Å². The van der Waals surface area contributed by atoms with E-state index in [0.29, 0.717) is 13.1 Å². The normalized spacial score (nSPS) is 21.2. The van der Waals surface area contributed by atoms with Crippen LogP contribution in [0.3, 0.4) is 0 Å². The van der Waals surface area contributed by atoms with Gasteiger partial charge in [-0.25, -0.2) is 0 Å². The number of ether oxygens (including phenoxy) is 1. The summed E-state index contributed by atoms with van der Waals surface area (Å²) in [5, 5.41) is 2.52. The SMILES string of the molecule is CNC(=O)COC1CN(C(=O)c2cc3c(s2)CCC(C)C3)C1. The molecule has 0 bridgehead atoms. The Kier molecular flexibility index (Phi) is 4.49. The lowest BCUT2D eigenvalue weighted by Gasteiger charge is -2.38. The summed E-state index contributed by atoms with van der Waals surface area (Å²) in [5.74, 6) is 0.688. The van der Waals surface area contributed by atoms with Crippen LogP contribution in [0.15, 0.2) is 6.07 Å². The van der Waals surface area contributed by atoms with Crippen molar-refractivity contribution in [2.45, 2.75) is 32.3 Å². The fourth-order valence-corrected chi connectivity index (χ4v) is 4.12. The number of hydrogen-bond acceptors (Lipinski definition) is 4. The third kappa shape index (κ3) is 3.17. The van der Waals surface area contributed by atoms with Gasteiger partial charge in [0, 0.05) is 25.0 Å². The standard InChI is InChI=1S/C16H22N2O3S/c1-10-3-4-13-11(5-10)6-14(22-13)16(20)18-7-12(8-18)21-9-15(19)17-2/h6,10,12H,3-5,7-9H2,1-2H3,(H,17,19). The van der Waals surface area contributed by atoms with Gasteiger partial charge in [0.25, 0.3) is 5.91 Å². The molecule has 0 radical (unpaired) electrons. The van der Waals surface area contributed by atoms with E-state index >= 15 is 0 Å². The summed E-state index contributed by atoms with van der Waals surface area (Å²) in [6.07, 6.45) is 3.40. The van der Waals surface area contributed by atoms with Crippen molar-refractivity contribution in [2.24, 2.45) is 5.92 Å². The molecule has 2 amide bonds. The summed E-state index contributed by atoms with van der Waals surface area (Å²) in [7, 11) is 1.59. The average molecular weight is 322 g/mol. The lowest BCUT2D eigenvalue weighted by Crippen LogP contribution is -2.55. The van der Waals surface area contributed by atoms with Crippen molar-refractivity contribution in [3.63, 3.8) is 0 Å². The highest BCUT2D eigenvalue weighted by Crippen LogP contribution is 2.33. The maximum absolute atomic E-state index is 12.5. The lowest BCUT2D eigenvalue weighted by molar-refractivity contribution is -0.130. The number of thiophene rings is 1. The molecule has 1 aliphatic heterocycles. The summed E-state index contributed by atoms with van der Waals surface area (Å²) >= 11 is 1.65. The zero-order chi connectivity index (χ0) is 15.7. The first-order valence-electron chi connectivity index (χ1n) is 7.80. The minimum absolute atomic E-state index is 0.0177. The second-order valence-corrected chi connectivity index (χ2v) is 7.36. The molecule has 2 aliphatic rings. The average Bonchev–Trinajstić information content (AvgIpc) is 2.87. The van der Waals surface area contributed by atoms with Crippen molar-refractivity contribution < 1.29 is 14.3 Å². The first-order valence-corrected chi connectivity index (χ1v) is 8.61. The van der Waals surface area contributed by atoms with E-state index in [4.69, 9.17) is 4.74 Å². The zero-order valence-electron chi connectivity index (χ0n) is 13.1. The Morgan fingerprint density at radius 2 is 2.23 bits per heavy atom. The molecule has 5 nitrogen and oxygen atoms in total. The maximum Gasteiger partial charge on any atom is 0.264 e. The number of rotatable bonds is 4. The summed E-state index contributed by atoms with van der Waals surface area (Å²) in [6.45, 7) is 3.49. The molecule has 1 aromatic rings. The summed E-state index contributed by atoms with van der Waals surface area (Å²) in [6, 6.07) is 2.08. The minimum Gasteiger partial charge on any atom is -0.365 e. The van der Waals surface area contributed by atoms with E-state index in [0.717, 1.165) is 23.6 Å². The van der Waals surface area contributed by atoms with Crippen LogP contribution in [0.4, 0.5) is 0 Å². The van der Waals surface area contributed by atoms with E-state index in [-0.39, 0.29) is 24.5 Å². The van der Waals surface area contributed by atoms with Gasteiger partial charge in [-0.1, -0.05) is 6.92 Å². The minimum atomic E-state index is -0.134. The molecule has 6 heteroatoms. The Bertz CT molecular complexity index is 578. The van der Waals surface area contributed by atoms with Gasteiger partial charge in [0.2, 0.25) is 5.91 Å². The number of carbonyl (C=O) groups is 2. The van der Waals surface area contributed by atoms with Gasteiger partial charge in [-0.15, -0.1) is 11.3 Å². The molecule has 2 heterocycles. The molecule has 1 fully saturated rings. The van der Waals surface area contributed by atoms with Gasteiger partial charge >= 0.3 is 0 Å². The fourth-order valence-electron chi connectivity index (χ4n) is 2.94. The Labute approximate surface area is 134 Å². The largest absolute Gasteiger partial charge is 0.365 e. The lowest BCUT2D eigenvalue weighted by atomic mass is 9.90. The Morgan fingerprint density at radius 3 is 2.95 bits per heavy atom. The molecule has 1 atom stereocenters. The Hall–Kier alpha value is -1.40. The van der Waals surface area contributed by atoms with Gasteiger partial charge < -0.3 is 15.0 Å². The van der Waals surface area contributed by atoms with Gasteiger partial charge in [-0.2, -0.15) is 0 Å². The predicted molar refractivity (Wildman–Crippen MR) is 85.2 cm³/mol. The molecule has 22 heavy (non-hydrogen) atoms. The molecule has 1 aromatic heterocycles. The molecule has 1 unspecified atom stereocenters. The van der Waals surface area contributed by atoms with Gasteiger partial charge in [-0.3, -0.25) is 9.59 Å². The number of likely N-dealkylation sites (N-methyl/N-ethyl adjacent to an activating group) is 1. The van der Waals surface area contributed by atoms with Crippen LogP contribution in [-0.2, 0) is 22.4 Å². The van der Waals surface area contributed by atoms with E-state index in [1.165, 1.54) is 16.9 Å². The van der Waals surface area contributed by atoms with Crippen molar-refractivity contribution in [1.29, 1.82) is 0 Å². The number of nitrogens with zero attached hydrogens (tertiary/aromatic N) is 1. The molecule has 0 aromatic carbocycles. The van der Waals surface area contributed by atoms with Crippen LogP contribution in [0.5, 0.6) is 0 Å².